The van der Waals surface area contributed by atoms with Gasteiger partial charge in [-0.05, 0) is 42.3 Å². The number of nitrogens with zero attached hydrogens (tertiary/aromatic N) is 2. The van der Waals surface area contributed by atoms with Crippen LogP contribution in [0, 0.1) is 18.6 Å². The van der Waals surface area contributed by atoms with E-state index in [1.54, 1.807) is 6.07 Å². The molecule has 0 unspecified atom stereocenters. The third-order valence-electron chi connectivity index (χ3n) is 4.57. The number of aryl methyl sites for hydroxylation is 1. The number of aromatic amines is 1. The highest BCUT2D eigenvalue weighted by Crippen LogP contribution is 2.26. The molecule has 1 amide bonds. The number of rotatable bonds is 4. The molecule has 0 spiro atoms. The standard InChI is InChI=1S/C21H16F2N4O3/c1-11-3-2-4-15(5-11)27-19-16(10-25-27)18(28)17(21(30)26-19)20(29)24-9-12-6-13(22)8-14(23)7-12/h2-8,10H,9H2,1H3,(H,24,29)(H2,26,28,30). The van der Waals surface area contributed by atoms with Crippen LogP contribution in [0.5, 0.6) is 5.75 Å². The first-order valence-corrected chi connectivity index (χ1v) is 8.96. The fraction of sp³-hybridized carbons (Fsp3) is 0.0952. The van der Waals surface area contributed by atoms with Gasteiger partial charge < -0.3 is 15.4 Å². The van der Waals surface area contributed by atoms with Crippen molar-refractivity contribution in [1.29, 1.82) is 0 Å². The maximum absolute atomic E-state index is 13.3. The molecule has 0 aliphatic rings. The molecule has 2 heterocycles. The largest absolute Gasteiger partial charge is 0.506 e. The maximum atomic E-state index is 13.3. The Balaban J connectivity index is 1.68. The number of H-pyrrole nitrogens is 1. The van der Waals surface area contributed by atoms with Crippen LogP contribution in [-0.2, 0) is 6.54 Å². The number of carbonyl (C=O) groups excluding carboxylic acids is 1. The van der Waals surface area contributed by atoms with E-state index >= 15 is 0 Å². The number of hydrogen-bond acceptors (Lipinski definition) is 4. The highest BCUT2D eigenvalue weighted by Gasteiger charge is 2.21. The molecule has 0 bridgehead atoms. The van der Waals surface area contributed by atoms with Crippen LogP contribution >= 0.6 is 0 Å². The van der Waals surface area contributed by atoms with E-state index in [0.29, 0.717) is 11.8 Å². The molecule has 9 heteroatoms. The van der Waals surface area contributed by atoms with Crippen LogP contribution < -0.4 is 10.9 Å². The van der Waals surface area contributed by atoms with Crippen LogP contribution in [0.2, 0.25) is 0 Å². The zero-order valence-electron chi connectivity index (χ0n) is 15.7. The molecule has 0 aliphatic heterocycles. The summed E-state index contributed by atoms with van der Waals surface area (Å²) in [6.07, 6.45) is 1.33. The molecule has 0 saturated heterocycles. The number of carbonyl (C=O) groups is 1. The van der Waals surface area contributed by atoms with Gasteiger partial charge in [-0.3, -0.25) is 9.59 Å². The second-order valence-corrected chi connectivity index (χ2v) is 6.80. The zero-order valence-corrected chi connectivity index (χ0v) is 15.7. The first kappa shape index (κ1) is 19.3. The van der Waals surface area contributed by atoms with E-state index in [1.165, 1.54) is 10.9 Å². The van der Waals surface area contributed by atoms with Gasteiger partial charge in [0.1, 0.15) is 28.6 Å². The quantitative estimate of drug-likeness (QED) is 0.482. The smallest absolute Gasteiger partial charge is 0.266 e. The molecule has 0 radical (unpaired) electrons. The van der Waals surface area contributed by atoms with Crippen LogP contribution in [0.25, 0.3) is 16.7 Å². The summed E-state index contributed by atoms with van der Waals surface area (Å²) in [5.74, 6) is -2.99. The summed E-state index contributed by atoms with van der Waals surface area (Å²) in [7, 11) is 0. The molecule has 2 aromatic heterocycles. The van der Waals surface area contributed by atoms with Gasteiger partial charge >= 0.3 is 0 Å². The number of benzene rings is 2. The number of fused-ring (bicyclic) bond motifs is 1. The Kier molecular flexibility index (Phi) is 4.78. The lowest BCUT2D eigenvalue weighted by Gasteiger charge is -2.09. The van der Waals surface area contributed by atoms with E-state index in [-0.39, 0.29) is 23.1 Å². The summed E-state index contributed by atoms with van der Waals surface area (Å²) >= 11 is 0. The Hall–Kier alpha value is -4.01. The van der Waals surface area contributed by atoms with Crippen LogP contribution in [0.15, 0.2) is 53.5 Å². The zero-order chi connectivity index (χ0) is 21.4. The van der Waals surface area contributed by atoms with Crippen molar-refractivity contribution in [1.82, 2.24) is 20.1 Å². The molecule has 4 rings (SSSR count). The second-order valence-electron chi connectivity index (χ2n) is 6.80. The number of aromatic nitrogens is 3. The van der Waals surface area contributed by atoms with Gasteiger partial charge in [0.2, 0.25) is 0 Å². The molecule has 7 nitrogen and oxygen atoms in total. The number of hydrogen-bond donors (Lipinski definition) is 3. The van der Waals surface area contributed by atoms with Crippen LogP contribution in [0.4, 0.5) is 8.78 Å². The Morgan fingerprint density at radius 3 is 2.63 bits per heavy atom. The van der Waals surface area contributed by atoms with E-state index in [9.17, 15) is 23.5 Å². The van der Waals surface area contributed by atoms with Crippen molar-refractivity contribution < 1.29 is 18.7 Å². The van der Waals surface area contributed by atoms with Crippen molar-refractivity contribution in [2.24, 2.45) is 0 Å². The van der Waals surface area contributed by atoms with Crippen LogP contribution in [0.1, 0.15) is 21.5 Å². The van der Waals surface area contributed by atoms with Gasteiger partial charge in [-0.1, -0.05) is 12.1 Å². The third-order valence-corrected chi connectivity index (χ3v) is 4.57. The lowest BCUT2D eigenvalue weighted by atomic mass is 10.1. The van der Waals surface area contributed by atoms with Crippen molar-refractivity contribution in [2.45, 2.75) is 13.5 Å². The number of pyridine rings is 1. The lowest BCUT2D eigenvalue weighted by molar-refractivity contribution is 0.0947. The SMILES string of the molecule is Cc1cccc(-n2ncc3c(O)c(C(=O)NCc4cc(F)cc(F)c4)c(=O)[nH]c32)c1. The Morgan fingerprint density at radius 1 is 1.20 bits per heavy atom. The minimum absolute atomic E-state index is 0.171. The molecule has 0 aliphatic carbocycles. The molecule has 152 valence electrons. The molecule has 4 aromatic rings. The highest BCUT2D eigenvalue weighted by atomic mass is 19.1. The molecule has 30 heavy (non-hydrogen) atoms. The van der Waals surface area contributed by atoms with Gasteiger partial charge in [0.05, 0.1) is 17.3 Å². The summed E-state index contributed by atoms with van der Waals surface area (Å²) in [6, 6.07) is 10.2. The summed E-state index contributed by atoms with van der Waals surface area (Å²) in [5.41, 5.74) is 0.718. The van der Waals surface area contributed by atoms with Crippen molar-refractivity contribution in [2.75, 3.05) is 0 Å². The number of aromatic hydroxyl groups is 1. The first-order valence-electron chi connectivity index (χ1n) is 8.96. The summed E-state index contributed by atoms with van der Waals surface area (Å²) in [6.45, 7) is 1.68. The Bertz CT molecular complexity index is 1320. The molecule has 0 saturated carbocycles. The van der Waals surface area contributed by atoms with E-state index in [0.717, 1.165) is 17.7 Å². The van der Waals surface area contributed by atoms with Gasteiger partial charge in [-0.2, -0.15) is 5.10 Å². The second kappa shape index (κ2) is 7.43. The van der Waals surface area contributed by atoms with E-state index in [1.807, 2.05) is 25.1 Å². The molecule has 0 atom stereocenters. The van der Waals surface area contributed by atoms with E-state index < -0.39 is 34.4 Å². The molecular weight excluding hydrogens is 394 g/mol. The number of amides is 1. The highest BCUT2D eigenvalue weighted by molar-refractivity contribution is 6.01. The van der Waals surface area contributed by atoms with Crippen molar-refractivity contribution >= 4 is 16.9 Å². The van der Waals surface area contributed by atoms with Gasteiger partial charge in [-0.25, -0.2) is 13.5 Å². The monoisotopic (exact) mass is 410 g/mol. The number of halogens is 2. The van der Waals surface area contributed by atoms with Crippen molar-refractivity contribution in [3.05, 3.63) is 87.3 Å². The Morgan fingerprint density at radius 2 is 1.93 bits per heavy atom. The van der Waals surface area contributed by atoms with E-state index in [2.05, 4.69) is 15.4 Å². The van der Waals surface area contributed by atoms with Crippen molar-refractivity contribution in [3.8, 4) is 11.4 Å². The van der Waals surface area contributed by atoms with Gasteiger partial charge in [-0.15, -0.1) is 0 Å². The van der Waals surface area contributed by atoms with Gasteiger partial charge in [0.15, 0.2) is 0 Å². The minimum atomic E-state index is -0.886. The Labute approximate surface area is 168 Å². The predicted molar refractivity (Wildman–Crippen MR) is 106 cm³/mol. The minimum Gasteiger partial charge on any atom is -0.506 e. The predicted octanol–water partition coefficient (Wildman–Crippen LogP) is 2.94. The van der Waals surface area contributed by atoms with Gasteiger partial charge in [0.25, 0.3) is 11.5 Å². The summed E-state index contributed by atoms with van der Waals surface area (Å²) < 4.78 is 28.0. The third kappa shape index (κ3) is 3.52. The molecule has 2 aromatic carbocycles. The average molecular weight is 410 g/mol. The van der Waals surface area contributed by atoms with Gasteiger partial charge in [0, 0.05) is 12.6 Å². The number of nitrogens with one attached hydrogen (secondary N) is 2. The van der Waals surface area contributed by atoms with Crippen LogP contribution in [-0.4, -0.2) is 25.8 Å². The fourth-order valence-corrected chi connectivity index (χ4v) is 3.20. The topological polar surface area (TPSA) is 100 Å². The van der Waals surface area contributed by atoms with Crippen molar-refractivity contribution in [3.63, 3.8) is 0 Å². The lowest BCUT2D eigenvalue weighted by Crippen LogP contribution is -2.29. The summed E-state index contributed by atoms with van der Waals surface area (Å²) in [5, 5.41) is 17.3. The molecular formula is C21H16F2N4O3. The first-order chi connectivity index (χ1) is 14.3. The van der Waals surface area contributed by atoms with Crippen LogP contribution in [0.3, 0.4) is 0 Å². The van der Waals surface area contributed by atoms with E-state index in [4.69, 9.17) is 0 Å². The molecule has 0 fully saturated rings. The average Bonchev–Trinajstić information content (AvgIpc) is 3.09. The maximum Gasteiger partial charge on any atom is 0.266 e. The fourth-order valence-electron chi connectivity index (χ4n) is 3.20. The normalized spacial score (nSPS) is 11.0. The molecule has 3 N–H and O–H groups in total. The summed E-state index contributed by atoms with van der Waals surface area (Å²) in [4.78, 5) is 27.6.